The number of aryl methyl sites for hydroxylation is 1. The summed E-state index contributed by atoms with van der Waals surface area (Å²) < 4.78 is 0.986. The van der Waals surface area contributed by atoms with Gasteiger partial charge in [-0.15, -0.1) is 0 Å². The zero-order valence-corrected chi connectivity index (χ0v) is 22.4. The van der Waals surface area contributed by atoms with E-state index in [1.807, 2.05) is 6.21 Å². The highest BCUT2D eigenvalue weighted by Crippen LogP contribution is 2.37. The zero-order chi connectivity index (χ0) is 24.4. The van der Waals surface area contributed by atoms with E-state index in [4.69, 9.17) is 4.99 Å². The Labute approximate surface area is 218 Å². The molecule has 3 aliphatic heterocycles. The van der Waals surface area contributed by atoms with Crippen molar-refractivity contribution in [1.29, 1.82) is 0 Å². The molecule has 5 heteroatoms. The van der Waals surface area contributed by atoms with Crippen molar-refractivity contribution in [1.82, 2.24) is 4.90 Å². The third-order valence-corrected chi connectivity index (χ3v) is 8.83. The fourth-order valence-corrected chi connectivity index (χ4v) is 6.63. The van der Waals surface area contributed by atoms with Crippen LogP contribution in [0, 0.1) is 24.7 Å². The van der Waals surface area contributed by atoms with Crippen molar-refractivity contribution in [3.8, 4) is 0 Å². The molecule has 0 N–H and O–H groups in total. The number of hydrogen-bond acceptors (Lipinski definition) is 3. The van der Waals surface area contributed by atoms with Gasteiger partial charge in [0.25, 0.3) is 0 Å². The van der Waals surface area contributed by atoms with Gasteiger partial charge in [-0.05, 0) is 84.5 Å². The van der Waals surface area contributed by atoms with Gasteiger partial charge in [-0.25, -0.2) is 0 Å². The Bertz CT molecular complexity index is 1110. The summed E-state index contributed by atoms with van der Waals surface area (Å²) >= 11 is 3.71. The van der Waals surface area contributed by atoms with Crippen molar-refractivity contribution < 1.29 is 4.79 Å². The number of amides is 1. The number of rotatable bonds is 5. The van der Waals surface area contributed by atoms with Crippen molar-refractivity contribution in [2.45, 2.75) is 58.3 Å². The van der Waals surface area contributed by atoms with Crippen LogP contribution < -0.4 is 0 Å². The normalized spacial score (nSPS) is 23.6. The average Bonchev–Trinajstić information content (AvgIpc) is 3.32. The maximum Gasteiger partial charge on any atom is 0.225 e. The van der Waals surface area contributed by atoms with Crippen LogP contribution in [-0.4, -0.2) is 42.4 Å². The van der Waals surface area contributed by atoms with Crippen LogP contribution in [0.15, 0.2) is 68.2 Å². The Balaban J connectivity index is 1.30. The van der Waals surface area contributed by atoms with Crippen LogP contribution in [0.1, 0.15) is 62.5 Å². The highest BCUT2D eigenvalue weighted by Gasteiger charge is 2.31. The first kappa shape index (κ1) is 24.4. The van der Waals surface area contributed by atoms with Crippen LogP contribution in [0.4, 0.5) is 0 Å². The number of likely N-dealkylation sites (tertiary alicyclic amines) is 1. The molecule has 0 aromatic heterocycles. The third kappa shape index (κ3) is 5.45. The molecule has 1 unspecified atom stereocenters. The quantitative estimate of drug-likeness (QED) is 0.410. The lowest BCUT2D eigenvalue weighted by molar-refractivity contribution is -0.136. The number of carbonyl (C=O) groups is 1. The molecular formula is C30H36BrN3O. The minimum absolute atomic E-state index is 0.268. The second-order valence-corrected chi connectivity index (χ2v) is 11.5. The fourth-order valence-electron chi connectivity index (χ4n) is 6.08. The van der Waals surface area contributed by atoms with Gasteiger partial charge in [-0.2, -0.15) is 0 Å². The van der Waals surface area contributed by atoms with Crippen LogP contribution in [-0.2, 0) is 4.79 Å². The van der Waals surface area contributed by atoms with Gasteiger partial charge >= 0.3 is 0 Å². The Morgan fingerprint density at radius 3 is 2.63 bits per heavy atom. The number of nitrogens with zero attached hydrogens (tertiary/aromatic N) is 3. The predicted octanol–water partition coefficient (Wildman–Crippen LogP) is 6.80. The molecule has 1 atom stereocenters. The number of fused-ring (bicyclic) bond motifs is 1. The minimum Gasteiger partial charge on any atom is -0.342 e. The van der Waals surface area contributed by atoms with E-state index in [0.29, 0.717) is 11.8 Å². The Morgan fingerprint density at radius 2 is 1.89 bits per heavy atom. The smallest absolute Gasteiger partial charge is 0.225 e. The second-order valence-electron chi connectivity index (χ2n) is 10.7. The highest BCUT2D eigenvalue weighted by atomic mass is 79.9. The Hall–Kier alpha value is -2.27. The van der Waals surface area contributed by atoms with Crippen LogP contribution >= 0.6 is 15.9 Å². The first-order valence-corrected chi connectivity index (χ1v) is 14.0. The molecule has 0 radical (unpaired) electrons. The van der Waals surface area contributed by atoms with E-state index in [9.17, 15) is 4.79 Å². The molecule has 4 aliphatic rings. The lowest BCUT2D eigenvalue weighted by Gasteiger charge is -2.34. The van der Waals surface area contributed by atoms with Crippen molar-refractivity contribution in [3.63, 3.8) is 0 Å². The van der Waals surface area contributed by atoms with Crippen LogP contribution in [0.5, 0.6) is 0 Å². The number of halogens is 1. The molecule has 5 rings (SSSR count). The van der Waals surface area contributed by atoms with E-state index < -0.39 is 0 Å². The van der Waals surface area contributed by atoms with Crippen LogP contribution in [0.2, 0.25) is 0 Å². The standard InChI is InChI=1S/C30H36BrN3O/c1-20-7-3-6-10-26(20)28-17-24(16-25-18-32-19-27(31)29(25)33-28)21(2)15-22-11-13-34(14-12-22)30(35)23-8-4-5-9-23/h3,6-7,10,17,19,22-23,25H,2,4-5,8-9,11-16,18H2,1H3. The molecular weight excluding hydrogens is 498 g/mol. The monoisotopic (exact) mass is 533 g/mol. The molecule has 1 amide bonds. The van der Waals surface area contributed by atoms with Crippen molar-refractivity contribution in [2.75, 3.05) is 19.6 Å². The minimum atomic E-state index is 0.268. The number of hydrogen-bond donors (Lipinski definition) is 0. The number of carbonyl (C=O) groups excluding carboxylic acids is 1. The van der Waals surface area contributed by atoms with E-state index in [0.717, 1.165) is 74.1 Å². The molecule has 1 aromatic carbocycles. The van der Waals surface area contributed by atoms with Gasteiger partial charge in [0, 0.05) is 43.2 Å². The van der Waals surface area contributed by atoms with Gasteiger partial charge in [0.1, 0.15) is 0 Å². The van der Waals surface area contributed by atoms with Gasteiger partial charge < -0.3 is 4.90 Å². The van der Waals surface area contributed by atoms with Gasteiger partial charge in [0.2, 0.25) is 5.91 Å². The molecule has 1 aromatic rings. The number of piperidine rings is 1. The molecule has 1 saturated carbocycles. The molecule has 35 heavy (non-hydrogen) atoms. The zero-order valence-electron chi connectivity index (χ0n) is 20.8. The summed E-state index contributed by atoms with van der Waals surface area (Å²) in [6.07, 6.45) is 12.8. The van der Waals surface area contributed by atoms with Crippen molar-refractivity contribution >= 4 is 33.8 Å². The van der Waals surface area contributed by atoms with Gasteiger partial charge in [0.15, 0.2) is 0 Å². The van der Waals surface area contributed by atoms with Gasteiger partial charge in [-0.3, -0.25) is 14.8 Å². The number of allylic oxidation sites excluding steroid dienone is 4. The van der Waals surface area contributed by atoms with E-state index in [-0.39, 0.29) is 11.8 Å². The van der Waals surface area contributed by atoms with Gasteiger partial charge in [0.05, 0.1) is 15.9 Å². The second kappa shape index (κ2) is 10.8. The molecule has 184 valence electrons. The molecule has 1 saturated heterocycles. The maximum atomic E-state index is 12.8. The van der Waals surface area contributed by atoms with Crippen LogP contribution in [0.25, 0.3) is 0 Å². The summed E-state index contributed by atoms with van der Waals surface area (Å²) in [4.78, 5) is 24.7. The van der Waals surface area contributed by atoms with E-state index in [2.05, 4.69) is 69.7 Å². The first-order chi connectivity index (χ1) is 17.0. The SMILES string of the molecule is C=C(CC1CCN(C(=O)C2CCCC2)CC1)C1=CC(c2ccccc2C)=NC2=C(Br)C=NCC2C1. The van der Waals surface area contributed by atoms with E-state index in [1.54, 1.807) is 0 Å². The van der Waals surface area contributed by atoms with Crippen molar-refractivity contribution in [2.24, 2.45) is 27.7 Å². The summed E-state index contributed by atoms with van der Waals surface area (Å²) in [5.74, 6) is 1.55. The lowest BCUT2D eigenvalue weighted by atomic mass is 9.84. The molecule has 3 heterocycles. The Morgan fingerprint density at radius 1 is 1.14 bits per heavy atom. The van der Waals surface area contributed by atoms with E-state index >= 15 is 0 Å². The topological polar surface area (TPSA) is 45.0 Å². The van der Waals surface area contributed by atoms with E-state index in [1.165, 1.54) is 35.1 Å². The molecule has 4 nitrogen and oxygen atoms in total. The number of benzene rings is 1. The molecule has 0 spiro atoms. The average molecular weight is 535 g/mol. The summed E-state index contributed by atoms with van der Waals surface area (Å²) in [6.45, 7) is 9.29. The number of aliphatic imine (C=N–C) groups is 2. The third-order valence-electron chi connectivity index (χ3n) is 8.22. The van der Waals surface area contributed by atoms with Crippen LogP contribution in [0.3, 0.4) is 0 Å². The molecule has 2 fully saturated rings. The summed E-state index contributed by atoms with van der Waals surface area (Å²) in [5, 5.41) is 0. The largest absolute Gasteiger partial charge is 0.342 e. The fraction of sp³-hybridized carbons (Fsp3) is 0.500. The van der Waals surface area contributed by atoms with Gasteiger partial charge in [-0.1, -0.05) is 49.3 Å². The summed E-state index contributed by atoms with van der Waals surface area (Å²) in [7, 11) is 0. The Kier molecular flexibility index (Phi) is 7.52. The summed E-state index contributed by atoms with van der Waals surface area (Å²) in [6, 6.07) is 8.47. The summed E-state index contributed by atoms with van der Waals surface area (Å²) in [5.41, 5.74) is 7.03. The van der Waals surface area contributed by atoms with Crippen molar-refractivity contribution in [3.05, 3.63) is 69.4 Å². The first-order valence-electron chi connectivity index (χ1n) is 13.2. The maximum absolute atomic E-state index is 12.8. The molecule has 1 aliphatic carbocycles. The number of dihydropyridines is 1. The highest BCUT2D eigenvalue weighted by molar-refractivity contribution is 9.12. The molecule has 0 bridgehead atoms. The lowest BCUT2D eigenvalue weighted by Crippen LogP contribution is -2.41. The predicted molar refractivity (Wildman–Crippen MR) is 148 cm³/mol.